The molecule has 0 bridgehead atoms. The van der Waals surface area contributed by atoms with E-state index in [4.69, 9.17) is 4.74 Å². The van der Waals surface area contributed by atoms with E-state index in [0.717, 1.165) is 25.7 Å². The van der Waals surface area contributed by atoms with E-state index in [9.17, 15) is 19.8 Å². The minimum atomic E-state index is -1.34. The molecule has 0 aromatic rings. The molecule has 0 radical (unpaired) electrons. The number of ether oxygens (including phenoxy) is 1. The highest BCUT2D eigenvalue weighted by atomic mass is 16.6. The van der Waals surface area contributed by atoms with Crippen LogP contribution in [-0.4, -0.2) is 39.5 Å². The Morgan fingerprint density at radius 1 is 1.14 bits per heavy atom. The predicted molar refractivity (Wildman–Crippen MR) is 84.8 cm³/mol. The molecule has 0 fully saturated rings. The van der Waals surface area contributed by atoms with Crippen molar-refractivity contribution >= 4 is 12.1 Å². The topological polar surface area (TPSA) is 95.9 Å². The lowest BCUT2D eigenvalue weighted by Gasteiger charge is -2.28. The van der Waals surface area contributed by atoms with Gasteiger partial charge in [0.1, 0.15) is 11.1 Å². The second-order valence-electron chi connectivity index (χ2n) is 6.93. The number of carbonyl (C=O) groups excluding carboxylic acids is 1. The summed E-state index contributed by atoms with van der Waals surface area (Å²) in [4.78, 5) is 23.2. The Morgan fingerprint density at radius 3 is 2.18 bits per heavy atom. The largest absolute Gasteiger partial charge is 0.480 e. The van der Waals surface area contributed by atoms with Crippen LogP contribution >= 0.6 is 0 Å². The predicted octanol–water partition coefficient (Wildman–Crippen LogP) is 3.08. The number of aliphatic hydroxyl groups excluding tert-OH is 1. The van der Waals surface area contributed by atoms with Gasteiger partial charge in [-0.3, -0.25) is 0 Å². The van der Waals surface area contributed by atoms with Gasteiger partial charge in [-0.2, -0.15) is 0 Å². The van der Waals surface area contributed by atoms with E-state index in [2.05, 4.69) is 5.32 Å². The van der Waals surface area contributed by atoms with E-state index < -0.39 is 23.2 Å². The van der Waals surface area contributed by atoms with Gasteiger partial charge in [-0.1, -0.05) is 26.2 Å². The number of aliphatic hydroxyl groups is 1. The molecule has 0 spiro atoms. The molecule has 3 N–H and O–H groups in total. The molecule has 0 aliphatic heterocycles. The van der Waals surface area contributed by atoms with Crippen molar-refractivity contribution in [1.82, 2.24) is 5.32 Å². The fourth-order valence-electron chi connectivity index (χ4n) is 1.99. The molecule has 6 heteroatoms. The number of hydrogen-bond donors (Lipinski definition) is 3. The van der Waals surface area contributed by atoms with Gasteiger partial charge in [0.25, 0.3) is 0 Å². The number of hydrogen-bond acceptors (Lipinski definition) is 4. The smallest absolute Gasteiger partial charge is 0.408 e. The molecular weight excluding hydrogens is 286 g/mol. The number of rotatable bonds is 9. The molecule has 0 aliphatic rings. The summed E-state index contributed by atoms with van der Waals surface area (Å²) in [6.45, 7) is 8.59. The van der Waals surface area contributed by atoms with Crippen LogP contribution in [0.2, 0.25) is 0 Å². The van der Waals surface area contributed by atoms with Gasteiger partial charge in [-0.25, -0.2) is 9.59 Å². The molecular formula is C16H31NO5. The van der Waals surface area contributed by atoms with Crippen LogP contribution in [0.25, 0.3) is 0 Å². The first-order chi connectivity index (χ1) is 10.00. The van der Waals surface area contributed by atoms with Crippen molar-refractivity contribution in [3.05, 3.63) is 0 Å². The maximum Gasteiger partial charge on any atom is 0.408 e. The Kier molecular flexibility index (Phi) is 8.45. The van der Waals surface area contributed by atoms with E-state index in [1.165, 1.54) is 6.92 Å². The van der Waals surface area contributed by atoms with Gasteiger partial charge in [0.15, 0.2) is 0 Å². The second kappa shape index (κ2) is 8.98. The summed E-state index contributed by atoms with van der Waals surface area (Å²) in [5.74, 6) is -1.08. The third-order valence-electron chi connectivity index (χ3n) is 3.43. The molecule has 0 saturated carbocycles. The minimum Gasteiger partial charge on any atom is -0.480 e. The van der Waals surface area contributed by atoms with Crippen molar-refractivity contribution in [1.29, 1.82) is 0 Å². The molecule has 1 amide bonds. The number of alkyl carbamates (subject to hydrolysis) is 1. The highest BCUT2D eigenvalue weighted by Gasteiger charge is 2.35. The quantitative estimate of drug-likeness (QED) is 0.568. The Balaban J connectivity index is 4.33. The highest BCUT2D eigenvalue weighted by Crippen LogP contribution is 2.18. The lowest BCUT2D eigenvalue weighted by molar-refractivity contribution is -0.144. The summed E-state index contributed by atoms with van der Waals surface area (Å²) < 4.78 is 5.11. The molecule has 0 aliphatic carbocycles. The van der Waals surface area contributed by atoms with Gasteiger partial charge in [-0.05, 0) is 47.0 Å². The zero-order valence-corrected chi connectivity index (χ0v) is 14.4. The summed E-state index contributed by atoms with van der Waals surface area (Å²) in [7, 11) is 0. The van der Waals surface area contributed by atoms with Crippen molar-refractivity contribution in [3.8, 4) is 0 Å². The third-order valence-corrected chi connectivity index (χ3v) is 3.43. The van der Waals surface area contributed by atoms with Crippen molar-refractivity contribution in [2.75, 3.05) is 0 Å². The van der Waals surface area contributed by atoms with E-state index >= 15 is 0 Å². The maximum absolute atomic E-state index is 11.8. The van der Waals surface area contributed by atoms with Gasteiger partial charge in [0.05, 0.1) is 6.10 Å². The van der Waals surface area contributed by atoms with E-state index in [-0.39, 0.29) is 6.10 Å². The van der Waals surface area contributed by atoms with Gasteiger partial charge in [0, 0.05) is 0 Å². The molecule has 0 heterocycles. The van der Waals surface area contributed by atoms with Crippen LogP contribution in [0.3, 0.4) is 0 Å². The summed E-state index contributed by atoms with van der Waals surface area (Å²) in [6.07, 6.45) is 3.09. The Labute approximate surface area is 133 Å². The van der Waals surface area contributed by atoms with Crippen molar-refractivity contribution < 1.29 is 24.5 Å². The second-order valence-corrected chi connectivity index (χ2v) is 6.93. The molecule has 0 rings (SSSR count). The number of unbranched alkanes of at least 4 members (excludes halogenated alkanes) is 2. The lowest BCUT2D eigenvalue weighted by Crippen LogP contribution is -2.53. The first-order valence-corrected chi connectivity index (χ1v) is 7.93. The molecule has 130 valence electrons. The number of nitrogens with one attached hydrogen (secondary N) is 1. The minimum absolute atomic E-state index is 0.286. The molecule has 22 heavy (non-hydrogen) atoms. The van der Waals surface area contributed by atoms with Crippen LogP contribution < -0.4 is 5.32 Å². The molecule has 0 aromatic heterocycles. The molecule has 6 nitrogen and oxygen atoms in total. The fourth-order valence-corrected chi connectivity index (χ4v) is 1.99. The molecule has 1 unspecified atom stereocenters. The fraction of sp³-hybridized carbons (Fsp3) is 0.875. The number of carboxylic acids is 1. The van der Waals surface area contributed by atoms with Crippen molar-refractivity contribution in [2.45, 2.75) is 90.4 Å². The number of amides is 1. The molecule has 0 aromatic carbocycles. The van der Waals surface area contributed by atoms with E-state index in [1.807, 2.05) is 6.92 Å². The summed E-state index contributed by atoms with van der Waals surface area (Å²) in [6, 6.07) is 0. The Bertz CT molecular complexity index is 364. The Hall–Kier alpha value is -1.30. The lowest BCUT2D eigenvalue weighted by atomic mass is 9.94. The Morgan fingerprint density at radius 2 is 1.73 bits per heavy atom. The monoisotopic (exact) mass is 317 g/mol. The SMILES string of the molecule is CCC(O)CCCCC[C@](C)(NC(=O)OC(C)(C)C)C(=O)O. The first kappa shape index (κ1) is 20.7. The van der Waals surface area contributed by atoms with Crippen LogP contribution in [0, 0.1) is 0 Å². The van der Waals surface area contributed by atoms with Crippen LogP contribution in [0.15, 0.2) is 0 Å². The number of carboxylic acid groups (broad SMARTS) is 1. The van der Waals surface area contributed by atoms with Gasteiger partial charge >= 0.3 is 12.1 Å². The number of aliphatic carboxylic acids is 1. The van der Waals surface area contributed by atoms with Gasteiger partial charge in [-0.15, -0.1) is 0 Å². The maximum atomic E-state index is 11.8. The van der Waals surface area contributed by atoms with Crippen LogP contribution in [0.1, 0.15) is 73.1 Å². The number of carbonyl (C=O) groups is 2. The van der Waals surface area contributed by atoms with E-state index in [0.29, 0.717) is 12.8 Å². The van der Waals surface area contributed by atoms with Crippen molar-refractivity contribution in [2.24, 2.45) is 0 Å². The zero-order valence-electron chi connectivity index (χ0n) is 14.4. The highest BCUT2D eigenvalue weighted by molar-refractivity contribution is 5.83. The van der Waals surface area contributed by atoms with Crippen LogP contribution in [-0.2, 0) is 9.53 Å². The first-order valence-electron chi connectivity index (χ1n) is 7.93. The van der Waals surface area contributed by atoms with Crippen LogP contribution in [0.4, 0.5) is 4.79 Å². The summed E-state index contributed by atoms with van der Waals surface area (Å²) >= 11 is 0. The van der Waals surface area contributed by atoms with E-state index in [1.54, 1.807) is 20.8 Å². The normalized spacial score (nSPS) is 15.7. The standard InChI is InChI=1S/C16H31NO5/c1-6-12(18)10-8-7-9-11-16(5,13(19)20)17-14(21)22-15(2,3)4/h12,18H,6-11H2,1-5H3,(H,17,21)(H,19,20)/t12?,16-/m0/s1. The van der Waals surface area contributed by atoms with Crippen LogP contribution in [0.5, 0.6) is 0 Å². The zero-order chi connectivity index (χ0) is 17.4. The molecule has 2 atom stereocenters. The molecule has 0 saturated heterocycles. The summed E-state index contributed by atoms with van der Waals surface area (Å²) in [5, 5.41) is 21.3. The average molecular weight is 317 g/mol. The van der Waals surface area contributed by atoms with Gasteiger partial charge < -0.3 is 20.3 Å². The summed E-state index contributed by atoms with van der Waals surface area (Å²) in [5.41, 5.74) is -2.01. The van der Waals surface area contributed by atoms with Gasteiger partial charge in [0.2, 0.25) is 0 Å². The third kappa shape index (κ3) is 8.87. The van der Waals surface area contributed by atoms with Crippen molar-refractivity contribution in [3.63, 3.8) is 0 Å². The average Bonchev–Trinajstić information content (AvgIpc) is 2.35.